The lowest BCUT2D eigenvalue weighted by atomic mass is 10.2. The maximum absolute atomic E-state index is 11.6. The average molecular weight is 357 g/mol. The molecule has 1 N–H and O–H groups in total. The van der Waals surface area contributed by atoms with Crippen LogP contribution < -0.4 is 10.3 Å². The van der Waals surface area contributed by atoms with E-state index in [0.29, 0.717) is 21.7 Å². The number of aromatic nitrogens is 3. The summed E-state index contributed by atoms with van der Waals surface area (Å²) < 4.78 is 5.62. The number of halogens is 1. The van der Waals surface area contributed by atoms with E-state index in [1.54, 1.807) is 19.4 Å². The molecule has 0 bridgehead atoms. The molecule has 18 heavy (non-hydrogen) atoms. The Hall–Kier alpha value is -1.44. The van der Waals surface area contributed by atoms with Gasteiger partial charge in [0, 0.05) is 18.7 Å². The van der Waals surface area contributed by atoms with Crippen LogP contribution in [-0.4, -0.2) is 22.1 Å². The number of aromatic amines is 1. The lowest BCUT2D eigenvalue weighted by molar-refractivity contribution is 0.397. The normalized spacial score (nSPS) is 10.4. The van der Waals surface area contributed by atoms with Crippen molar-refractivity contribution in [2.75, 3.05) is 7.11 Å². The molecule has 0 aliphatic heterocycles. The van der Waals surface area contributed by atoms with Crippen LogP contribution in [-0.2, 0) is 6.42 Å². The minimum Gasteiger partial charge on any atom is -0.481 e. The summed E-state index contributed by atoms with van der Waals surface area (Å²) in [5.41, 5.74) is 1.62. The van der Waals surface area contributed by atoms with E-state index in [1.165, 1.54) is 0 Å². The maximum atomic E-state index is 11.6. The van der Waals surface area contributed by atoms with Crippen LogP contribution in [0.1, 0.15) is 17.1 Å². The second-order valence-corrected chi connectivity index (χ2v) is 4.88. The van der Waals surface area contributed by atoms with E-state index in [4.69, 9.17) is 4.74 Å². The van der Waals surface area contributed by atoms with Gasteiger partial charge in [0.1, 0.15) is 5.82 Å². The Morgan fingerprint density at radius 2 is 2.22 bits per heavy atom. The van der Waals surface area contributed by atoms with Crippen molar-refractivity contribution in [2.24, 2.45) is 0 Å². The average Bonchev–Trinajstić information content (AvgIpc) is 2.37. The van der Waals surface area contributed by atoms with Gasteiger partial charge < -0.3 is 9.72 Å². The number of nitrogens with one attached hydrogen (secondary N) is 1. The monoisotopic (exact) mass is 357 g/mol. The van der Waals surface area contributed by atoms with Crippen molar-refractivity contribution in [1.82, 2.24) is 15.0 Å². The van der Waals surface area contributed by atoms with Gasteiger partial charge in [-0.05, 0) is 35.1 Å². The standard InChI is InChI=1S/C12H12IN3O2/c1-7-11(13)12(17)16-9(15-7)5-8-3-4-10(18-2)14-6-8/h3-4,6H,5H2,1-2H3,(H,15,16,17). The first-order valence-corrected chi connectivity index (χ1v) is 6.42. The van der Waals surface area contributed by atoms with Gasteiger partial charge in [-0.25, -0.2) is 9.97 Å². The summed E-state index contributed by atoms with van der Waals surface area (Å²) in [4.78, 5) is 22.8. The van der Waals surface area contributed by atoms with Crippen molar-refractivity contribution in [3.05, 3.63) is 49.3 Å². The zero-order chi connectivity index (χ0) is 13.1. The summed E-state index contributed by atoms with van der Waals surface area (Å²) in [6.07, 6.45) is 2.26. The molecular formula is C12H12IN3O2. The predicted octanol–water partition coefficient (Wildman–Crippen LogP) is 1.68. The van der Waals surface area contributed by atoms with Gasteiger partial charge in [0.05, 0.1) is 16.4 Å². The molecule has 0 spiro atoms. The number of hydrogen-bond acceptors (Lipinski definition) is 4. The van der Waals surface area contributed by atoms with Crippen LogP contribution in [0.3, 0.4) is 0 Å². The molecule has 94 valence electrons. The molecule has 2 aromatic heterocycles. The Kier molecular flexibility index (Phi) is 3.95. The van der Waals surface area contributed by atoms with E-state index < -0.39 is 0 Å². The number of hydrogen-bond donors (Lipinski definition) is 1. The fourth-order valence-corrected chi connectivity index (χ4v) is 1.80. The molecule has 0 saturated heterocycles. The number of H-pyrrole nitrogens is 1. The second kappa shape index (κ2) is 5.47. The van der Waals surface area contributed by atoms with E-state index in [0.717, 1.165) is 11.3 Å². The molecule has 6 heteroatoms. The predicted molar refractivity (Wildman–Crippen MR) is 75.9 cm³/mol. The number of pyridine rings is 1. The van der Waals surface area contributed by atoms with Crippen molar-refractivity contribution < 1.29 is 4.74 Å². The summed E-state index contributed by atoms with van der Waals surface area (Å²) in [5, 5.41) is 0. The molecule has 0 saturated carbocycles. The molecule has 0 unspecified atom stereocenters. The van der Waals surface area contributed by atoms with E-state index in [9.17, 15) is 4.79 Å². The minimum atomic E-state index is -0.0976. The zero-order valence-electron chi connectivity index (χ0n) is 10.0. The maximum Gasteiger partial charge on any atom is 0.264 e. The lowest BCUT2D eigenvalue weighted by Gasteiger charge is -2.04. The number of aryl methyl sites for hydroxylation is 1. The van der Waals surface area contributed by atoms with Crippen molar-refractivity contribution >= 4 is 22.6 Å². The number of rotatable bonds is 3. The first-order valence-electron chi connectivity index (χ1n) is 5.34. The fraction of sp³-hybridized carbons (Fsp3) is 0.250. The highest BCUT2D eigenvalue weighted by Gasteiger charge is 2.06. The van der Waals surface area contributed by atoms with Gasteiger partial charge in [0.2, 0.25) is 5.88 Å². The lowest BCUT2D eigenvalue weighted by Crippen LogP contribution is -2.16. The van der Waals surface area contributed by atoms with E-state index >= 15 is 0 Å². The molecule has 0 aliphatic rings. The van der Waals surface area contributed by atoms with Gasteiger partial charge >= 0.3 is 0 Å². The third kappa shape index (κ3) is 2.87. The van der Waals surface area contributed by atoms with E-state index in [-0.39, 0.29) is 5.56 Å². The molecule has 0 atom stereocenters. The summed E-state index contributed by atoms with van der Waals surface area (Å²) in [6.45, 7) is 1.83. The van der Waals surface area contributed by atoms with Crippen molar-refractivity contribution in [1.29, 1.82) is 0 Å². The van der Waals surface area contributed by atoms with Crippen LogP contribution in [0, 0.1) is 10.5 Å². The van der Waals surface area contributed by atoms with Crippen molar-refractivity contribution in [3.63, 3.8) is 0 Å². The van der Waals surface area contributed by atoms with Crippen LogP contribution >= 0.6 is 22.6 Å². The molecule has 2 rings (SSSR count). The minimum absolute atomic E-state index is 0.0976. The molecule has 2 aromatic rings. The van der Waals surface area contributed by atoms with Gasteiger partial charge in [-0.2, -0.15) is 0 Å². The van der Waals surface area contributed by atoms with Crippen LogP contribution in [0.4, 0.5) is 0 Å². The summed E-state index contributed by atoms with van der Waals surface area (Å²) in [7, 11) is 1.57. The quantitative estimate of drug-likeness (QED) is 0.849. The SMILES string of the molecule is COc1ccc(Cc2nc(C)c(I)c(=O)[nH]2)cn1. The zero-order valence-corrected chi connectivity index (χ0v) is 12.2. The summed E-state index contributed by atoms with van der Waals surface area (Å²) in [5.74, 6) is 1.21. The van der Waals surface area contributed by atoms with Gasteiger partial charge in [-0.1, -0.05) is 6.07 Å². The van der Waals surface area contributed by atoms with E-state index in [1.807, 2.05) is 35.6 Å². The molecule has 0 radical (unpaired) electrons. The Balaban J connectivity index is 2.25. The molecule has 5 nitrogen and oxygen atoms in total. The number of ether oxygens (including phenoxy) is 1. The second-order valence-electron chi connectivity index (χ2n) is 3.80. The fourth-order valence-electron chi connectivity index (χ4n) is 1.54. The summed E-state index contributed by atoms with van der Waals surface area (Å²) in [6, 6.07) is 3.69. The number of nitrogens with zero attached hydrogens (tertiary/aromatic N) is 2. The van der Waals surface area contributed by atoms with Crippen molar-refractivity contribution in [3.8, 4) is 5.88 Å². The molecule has 0 aliphatic carbocycles. The molecule has 0 fully saturated rings. The summed E-state index contributed by atoms with van der Waals surface area (Å²) >= 11 is 1.99. The largest absolute Gasteiger partial charge is 0.481 e. The highest BCUT2D eigenvalue weighted by atomic mass is 127. The van der Waals surface area contributed by atoms with Crippen LogP contribution in [0.15, 0.2) is 23.1 Å². The third-order valence-electron chi connectivity index (χ3n) is 2.46. The Bertz CT molecular complexity index is 608. The smallest absolute Gasteiger partial charge is 0.264 e. The molecule has 0 amide bonds. The molecule has 2 heterocycles. The third-order valence-corrected chi connectivity index (χ3v) is 3.73. The Morgan fingerprint density at radius 1 is 1.44 bits per heavy atom. The topological polar surface area (TPSA) is 67.9 Å². The first-order chi connectivity index (χ1) is 8.60. The van der Waals surface area contributed by atoms with Crippen LogP contribution in [0.5, 0.6) is 5.88 Å². The highest BCUT2D eigenvalue weighted by Crippen LogP contribution is 2.10. The number of methoxy groups -OCH3 is 1. The molecular weight excluding hydrogens is 345 g/mol. The Labute approximate surface area is 118 Å². The van der Waals surface area contributed by atoms with Gasteiger partial charge in [-0.3, -0.25) is 4.79 Å². The Morgan fingerprint density at radius 3 is 2.78 bits per heavy atom. The van der Waals surface area contributed by atoms with Crippen LogP contribution in [0.25, 0.3) is 0 Å². The molecule has 0 aromatic carbocycles. The van der Waals surface area contributed by atoms with Crippen LogP contribution in [0.2, 0.25) is 0 Å². The van der Waals surface area contributed by atoms with Gasteiger partial charge in [0.15, 0.2) is 0 Å². The van der Waals surface area contributed by atoms with E-state index in [2.05, 4.69) is 15.0 Å². The van der Waals surface area contributed by atoms with Gasteiger partial charge in [-0.15, -0.1) is 0 Å². The highest BCUT2D eigenvalue weighted by molar-refractivity contribution is 14.1. The van der Waals surface area contributed by atoms with Gasteiger partial charge in [0.25, 0.3) is 5.56 Å². The van der Waals surface area contributed by atoms with Crippen molar-refractivity contribution in [2.45, 2.75) is 13.3 Å². The first kappa shape index (κ1) is 13.0.